The lowest BCUT2D eigenvalue weighted by Gasteiger charge is -2.36. The molecule has 32 heavy (non-hydrogen) atoms. The van der Waals surface area contributed by atoms with Gasteiger partial charge in [-0.2, -0.15) is 4.39 Å². The Morgan fingerprint density at radius 1 is 0.812 bits per heavy atom. The molecule has 2 atom stereocenters. The van der Waals surface area contributed by atoms with Gasteiger partial charge in [0, 0.05) is 5.92 Å². The SMILES string of the molecule is Cc1ccc(OCC2C=CC(/C=C/C3CCC(C4CCC(C)CC4)CC3)CC2)c(F)c1F. The van der Waals surface area contributed by atoms with Crippen LogP contribution in [0.3, 0.4) is 0 Å². The van der Waals surface area contributed by atoms with Gasteiger partial charge in [0.1, 0.15) is 0 Å². The summed E-state index contributed by atoms with van der Waals surface area (Å²) in [5.74, 6) is 2.77. The fourth-order valence-electron chi connectivity index (χ4n) is 6.00. The van der Waals surface area contributed by atoms with Gasteiger partial charge in [-0.15, -0.1) is 0 Å². The topological polar surface area (TPSA) is 9.23 Å². The van der Waals surface area contributed by atoms with Crippen LogP contribution in [0.4, 0.5) is 8.78 Å². The molecule has 0 aromatic heterocycles. The number of benzene rings is 1. The van der Waals surface area contributed by atoms with E-state index in [0.29, 0.717) is 18.1 Å². The fraction of sp³-hybridized carbons (Fsp3) is 0.655. The first-order valence-electron chi connectivity index (χ1n) is 12.9. The van der Waals surface area contributed by atoms with Crippen LogP contribution < -0.4 is 4.74 Å². The Hall–Kier alpha value is -1.64. The Balaban J connectivity index is 1.18. The first kappa shape index (κ1) is 23.5. The highest BCUT2D eigenvalue weighted by molar-refractivity contribution is 5.30. The van der Waals surface area contributed by atoms with E-state index < -0.39 is 11.6 Å². The minimum Gasteiger partial charge on any atom is -0.490 e. The number of aryl methyl sites for hydroxylation is 1. The number of halogens is 2. The Labute approximate surface area is 193 Å². The maximum atomic E-state index is 14.0. The Bertz CT molecular complexity index is 798. The minimum absolute atomic E-state index is 0.0156. The van der Waals surface area contributed by atoms with E-state index in [2.05, 4.69) is 31.2 Å². The van der Waals surface area contributed by atoms with Crippen LogP contribution in [0, 0.1) is 54.1 Å². The van der Waals surface area contributed by atoms with Crippen LogP contribution in [-0.2, 0) is 0 Å². The molecule has 0 saturated heterocycles. The molecule has 2 fully saturated rings. The number of ether oxygens (including phenoxy) is 1. The van der Waals surface area contributed by atoms with Crippen molar-refractivity contribution < 1.29 is 13.5 Å². The zero-order valence-electron chi connectivity index (χ0n) is 19.9. The zero-order valence-corrected chi connectivity index (χ0v) is 19.9. The second-order valence-corrected chi connectivity index (χ2v) is 10.8. The third-order valence-corrected chi connectivity index (χ3v) is 8.37. The quantitative estimate of drug-likeness (QED) is 0.402. The highest BCUT2D eigenvalue weighted by atomic mass is 19.2. The van der Waals surface area contributed by atoms with Crippen molar-refractivity contribution in [1.29, 1.82) is 0 Å². The number of hydrogen-bond donors (Lipinski definition) is 0. The molecule has 0 spiro atoms. The number of allylic oxidation sites excluding steroid dienone is 3. The molecule has 0 aliphatic heterocycles. The van der Waals surface area contributed by atoms with E-state index in [1.165, 1.54) is 57.4 Å². The van der Waals surface area contributed by atoms with Crippen LogP contribution >= 0.6 is 0 Å². The van der Waals surface area contributed by atoms with Gasteiger partial charge in [0.05, 0.1) is 6.61 Å². The predicted octanol–water partition coefficient (Wildman–Crippen LogP) is 8.42. The molecule has 3 aliphatic carbocycles. The van der Waals surface area contributed by atoms with E-state index in [0.717, 1.165) is 36.5 Å². The maximum Gasteiger partial charge on any atom is 0.200 e. The Morgan fingerprint density at radius 3 is 2.16 bits per heavy atom. The lowest BCUT2D eigenvalue weighted by Crippen LogP contribution is -2.24. The van der Waals surface area contributed by atoms with Gasteiger partial charge in [-0.25, -0.2) is 4.39 Å². The predicted molar refractivity (Wildman–Crippen MR) is 128 cm³/mol. The average Bonchev–Trinajstić information content (AvgIpc) is 2.82. The zero-order chi connectivity index (χ0) is 22.5. The second-order valence-electron chi connectivity index (χ2n) is 10.8. The van der Waals surface area contributed by atoms with Crippen molar-refractivity contribution in [2.45, 2.75) is 78.1 Å². The van der Waals surface area contributed by atoms with Gasteiger partial charge in [0.25, 0.3) is 0 Å². The largest absolute Gasteiger partial charge is 0.490 e. The summed E-state index contributed by atoms with van der Waals surface area (Å²) in [6, 6.07) is 3.09. The third kappa shape index (κ3) is 6.02. The van der Waals surface area contributed by atoms with Crippen molar-refractivity contribution in [3.05, 3.63) is 53.6 Å². The van der Waals surface area contributed by atoms with Crippen LogP contribution in [0.1, 0.15) is 76.7 Å². The van der Waals surface area contributed by atoms with Crippen LogP contribution in [0.2, 0.25) is 0 Å². The Morgan fingerprint density at radius 2 is 1.50 bits per heavy atom. The van der Waals surface area contributed by atoms with Gasteiger partial charge in [0.2, 0.25) is 5.82 Å². The normalized spacial score (nSPS) is 33.5. The standard InChI is InChI=1S/C29H40F2O/c1-20-3-14-25(15-4-20)26-16-12-23(13-17-26)7-6-22-8-10-24(11-9-22)19-32-27-18-5-21(2)28(30)29(27)31/h5-8,10,18,20,22-26H,3-4,9,11-17,19H2,1-2H3/b7-6+. The van der Waals surface area contributed by atoms with Gasteiger partial charge in [0.15, 0.2) is 11.6 Å². The van der Waals surface area contributed by atoms with E-state index in [4.69, 9.17) is 4.74 Å². The third-order valence-electron chi connectivity index (χ3n) is 8.37. The molecular weight excluding hydrogens is 402 g/mol. The highest BCUT2D eigenvalue weighted by Crippen LogP contribution is 2.41. The lowest BCUT2D eigenvalue weighted by atomic mass is 9.69. The molecule has 4 rings (SSSR count). The molecular formula is C29H40F2O. The van der Waals surface area contributed by atoms with Crippen LogP contribution in [0.15, 0.2) is 36.4 Å². The first-order valence-corrected chi connectivity index (χ1v) is 12.9. The van der Waals surface area contributed by atoms with Crippen molar-refractivity contribution in [3.8, 4) is 5.75 Å². The molecule has 1 nitrogen and oxygen atoms in total. The van der Waals surface area contributed by atoms with E-state index >= 15 is 0 Å². The molecule has 0 radical (unpaired) electrons. The fourth-order valence-corrected chi connectivity index (χ4v) is 6.00. The van der Waals surface area contributed by atoms with E-state index in [9.17, 15) is 8.78 Å². The van der Waals surface area contributed by atoms with E-state index in [1.807, 2.05) is 0 Å². The molecule has 3 heteroatoms. The van der Waals surface area contributed by atoms with Gasteiger partial charge in [-0.3, -0.25) is 0 Å². The lowest BCUT2D eigenvalue weighted by molar-refractivity contribution is 0.160. The van der Waals surface area contributed by atoms with Crippen molar-refractivity contribution in [3.63, 3.8) is 0 Å². The molecule has 1 aromatic carbocycles. The van der Waals surface area contributed by atoms with Crippen molar-refractivity contribution >= 4 is 0 Å². The molecule has 0 bridgehead atoms. The summed E-state index contributed by atoms with van der Waals surface area (Å²) in [5, 5.41) is 0. The first-order chi connectivity index (χ1) is 15.5. The van der Waals surface area contributed by atoms with Gasteiger partial charge in [-0.1, -0.05) is 50.1 Å². The van der Waals surface area contributed by atoms with Crippen LogP contribution in [0.5, 0.6) is 5.75 Å². The summed E-state index contributed by atoms with van der Waals surface area (Å²) < 4.78 is 33.3. The molecule has 2 unspecified atom stereocenters. The summed E-state index contributed by atoms with van der Waals surface area (Å²) in [5.41, 5.74) is 0.305. The number of rotatable bonds is 6. The van der Waals surface area contributed by atoms with Crippen molar-refractivity contribution in [2.24, 2.45) is 35.5 Å². The summed E-state index contributed by atoms with van der Waals surface area (Å²) in [4.78, 5) is 0. The summed E-state index contributed by atoms with van der Waals surface area (Å²) >= 11 is 0. The molecule has 0 amide bonds. The van der Waals surface area contributed by atoms with Gasteiger partial charge >= 0.3 is 0 Å². The van der Waals surface area contributed by atoms with Crippen LogP contribution in [0.25, 0.3) is 0 Å². The van der Waals surface area contributed by atoms with E-state index in [1.54, 1.807) is 13.0 Å². The summed E-state index contributed by atoms with van der Waals surface area (Å²) in [6.45, 7) is 4.37. The average molecular weight is 443 g/mol. The van der Waals surface area contributed by atoms with Gasteiger partial charge in [-0.05, 0) is 99.5 Å². The maximum absolute atomic E-state index is 14.0. The minimum atomic E-state index is -0.877. The molecule has 2 saturated carbocycles. The number of hydrogen-bond acceptors (Lipinski definition) is 1. The van der Waals surface area contributed by atoms with E-state index in [-0.39, 0.29) is 11.7 Å². The van der Waals surface area contributed by atoms with Crippen molar-refractivity contribution in [1.82, 2.24) is 0 Å². The monoisotopic (exact) mass is 442 g/mol. The molecule has 0 N–H and O–H groups in total. The molecule has 3 aliphatic rings. The summed E-state index contributed by atoms with van der Waals surface area (Å²) in [7, 11) is 0. The molecule has 1 aromatic rings. The second kappa shape index (κ2) is 11.0. The summed E-state index contributed by atoms with van der Waals surface area (Å²) in [6.07, 6.45) is 22.9. The molecule has 0 heterocycles. The highest BCUT2D eigenvalue weighted by Gasteiger charge is 2.29. The van der Waals surface area contributed by atoms with Crippen molar-refractivity contribution in [2.75, 3.05) is 6.61 Å². The smallest absolute Gasteiger partial charge is 0.200 e. The van der Waals surface area contributed by atoms with Crippen LogP contribution in [-0.4, -0.2) is 6.61 Å². The van der Waals surface area contributed by atoms with Gasteiger partial charge < -0.3 is 4.74 Å². The Kier molecular flexibility index (Phi) is 8.07. The molecule has 176 valence electrons.